The van der Waals surface area contributed by atoms with Gasteiger partial charge in [0, 0.05) is 50.7 Å². The Balaban J connectivity index is 1.42. The van der Waals surface area contributed by atoms with Crippen LogP contribution in [-0.4, -0.2) is 57.9 Å². The highest BCUT2D eigenvalue weighted by atomic mass is 32.2. The van der Waals surface area contributed by atoms with Crippen LogP contribution in [0.2, 0.25) is 0 Å². The molecule has 1 aliphatic heterocycles. The minimum Gasteiger partial charge on any atom is -0.436 e. The molecule has 0 aliphatic carbocycles. The lowest BCUT2D eigenvalue weighted by Crippen LogP contribution is -2.44. The van der Waals surface area contributed by atoms with Gasteiger partial charge in [-0.15, -0.1) is 0 Å². The molecule has 1 saturated heterocycles. The molecule has 1 aliphatic rings. The number of halogens is 1. The van der Waals surface area contributed by atoms with Gasteiger partial charge in [0.05, 0.1) is 11.1 Å². The predicted molar refractivity (Wildman–Crippen MR) is 141 cm³/mol. The van der Waals surface area contributed by atoms with Crippen LogP contribution in [0.25, 0.3) is 11.3 Å². The molecule has 0 spiro atoms. The average Bonchev–Trinajstić information content (AvgIpc) is 3.31. The molecule has 1 fully saturated rings. The summed E-state index contributed by atoms with van der Waals surface area (Å²) in [6, 6.07) is 15.2. The van der Waals surface area contributed by atoms with Crippen molar-refractivity contribution in [3.05, 3.63) is 72.3 Å². The van der Waals surface area contributed by atoms with Gasteiger partial charge in [-0.3, -0.25) is 9.40 Å². The first kappa shape index (κ1) is 24.1. The normalized spacial score (nSPS) is 14.2. The SMILES string of the molecule is Cc1ccccc1-c1nc(NSc2cnn(C)c2)nc(Oc2ccc(N3CCN(C)CC3)cc2)c1F. The van der Waals surface area contributed by atoms with E-state index in [1.54, 1.807) is 10.9 Å². The predicted octanol–water partition coefficient (Wildman–Crippen LogP) is 4.99. The number of rotatable bonds is 7. The number of nitrogens with zero attached hydrogens (tertiary/aromatic N) is 6. The van der Waals surface area contributed by atoms with Crippen molar-refractivity contribution in [1.29, 1.82) is 0 Å². The topological polar surface area (TPSA) is 71.3 Å². The van der Waals surface area contributed by atoms with Gasteiger partial charge in [-0.1, -0.05) is 24.3 Å². The number of benzene rings is 2. The Morgan fingerprint density at radius 1 is 0.972 bits per heavy atom. The standard InChI is InChI=1S/C26H28FN7OS/c1-18-6-4-5-7-22(18)24-23(27)25(30-26(29-24)31-36-21-16-28-33(3)17-21)35-20-10-8-19(9-11-20)34-14-12-32(2)13-15-34/h4-11,16-17H,12-15H2,1-3H3,(H,29,30,31). The number of anilines is 2. The second kappa shape index (κ2) is 10.5. The maximum Gasteiger partial charge on any atom is 0.261 e. The van der Waals surface area contributed by atoms with E-state index in [1.165, 1.54) is 11.9 Å². The van der Waals surface area contributed by atoms with E-state index in [9.17, 15) is 0 Å². The zero-order valence-corrected chi connectivity index (χ0v) is 21.3. The molecule has 5 rings (SSSR count). The molecule has 3 heterocycles. The molecule has 0 saturated carbocycles. The summed E-state index contributed by atoms with van der Waals surface area (Å²) >= 11 is 1.30. The first-order valence-corrected chi connectivity index (χ1v) is 12.5. The van der Waals surface area contributed by atoms with E-state index in [0.29, 0.717) is 11.3 Å². The largest absolute Gasteiger partial charge is 0.436 e. The number of ether oxygens (including phenoxy) is 1. The molecule has 2 aromatic heterocycles. The molecule has 186 valence electrons. The zero-order valence-electron chi connectivity index (χ0n) is 20.5. The van der Waals surface area contributed by atoms with Crippen molar-refractivity contribution < 1.29 is 9.13 Å². The average molecular weight is 506 g/mol. The molecule has 2 aromatic carbocycles. The fourth-order valence-corrected chi connectivity index (χ4v) is 4.62. The molecule has 10 heteroatoms. The highest BCUT2D eigenvalue weighted by Gasteiger charge is 2.20. The lowest BCUT2D eigenvalue weighted by molar-refractivity contribution is 0.313. The lowest BCUT2D eigenvalue weighted by atomic mass is 10.1. The van der Waals surface area contributed by atoms with Crippen molar-refractivity contribution in [3.8, 4) is 22.9 Å². The van der Waals surface area contributed by atoms with Crippen LogP contribution in [0.1, 0.15) is 5.56 Å². The summed E-state index contributed by atoms with van der Waals surface area (Å²) in [6.45, 7) is 5.92. The van der Waals surface area contributed by atoms with Gasteiger partial charge in [0.2, 0.25) is 11.8 Å². The Morgan fingerprint density at radius 3 is 2.42 bits per heavy atom. The van der Waals surface area contributed by atoms with E-state index in [0.717, 1.165) is 42.3 Å². The molecule has 0 bridgehead atoms. The Kier molecular flexibility index (Phi) is 7.06. The van der Waals surface area contributed by atoms with Crippen LogP contribution in [0.3, 0.4) is 0 Å². The summed E-state index contributed by atoms with van der Waals surface area (Å²) in [7, 11) is 3.98. The summed E-state index contributed by atoms with van der Waals surface area (Å²) in [4.78, 5) is 14.3. The Bertz CT molecular complexity index is 1340. The van der Waals surface area contributed by atoms with E-state index in [-0.39, 0.29) is 17.5 Å². The van der Waals surface area contributed by atoms with Gasteiger partial charge >= 0.3 is 0 Å². The molecule has 0 unspecified atom stereocenters. The van der Waals surface area contributed by atoms with Crippen molar-refractivity contribution in [2.45, 2.75) is 11.8 Å². The van der Waals surface area contributed by atoms with Crippen LogP contribution in [-0.2, 0) is 7.05 Å². The maximum absolute atomic E-state index is 15.7. The number of aryl methyl sites for hydroxylation is 2. The van der Waals surface area contributed by atoms with E-state index < -0.39 is 5.82 Å². The van der Waals surface area contributed by atoms with Crippen LogP contribution < -0.4 is 14.4 Å². The van der Waals surface area contributed by atoms with Crippen LogP contribution in [0.5, 0.6) is 11.6 Å². The van der Waals surface area contributed by atoms with Gasteiger partial charge in [0.1, 0.15) is 11.4 Å². The second-order valence-corrected chi connectivity index (χ2v) is 9.65. The van der Waals surface area contributed by atoms with Crippen LogP contribution in [0, 0.1) is 12.7 Å². The quantitative estimate of drug-likeness (QED) is 0.353. The Labute approximate surface area is 214 Å². The third-order valence-electron chi connectivity index (χ3n) is 6.08. The number of hydrogen-bond donors (Lipinski definition) is 1. The molecular formula is C26H28FN7OS. The van der Waals surface area contributed by atoms with E-state index >= 15 is 4.39 Å². The monoisotopic (exact) mass is 505 g/mol. The first-order chi connectivity index (χ1) is 17.5. The summed E-state index contributed by atoms with van der Waals surface area (Å²) in [5.41, 5.74) is 2.89. The molecule has 1 N–H and O–H groups in total. The fraction of sp³-hybridized carbons (Fsp3) is 0.269. The van der Waals surface area contributed by atoms with Gasteiger partial charge in [-0.2, -0.15) is 14.5 Å². The third-order valence-corrected chi connectivity index (χ3v) is 6.81. The number of piperazine rings is 1. The lowest BCUT2D eigenvalue weighted by Gasteiger charge is -2.34. The van der Waals surface area contributed by atoms with Crippen LogP contribution in [0.4, 0.5) is 16.0 Å². The number of likely N-dealkylation sites (N-methyl/N-ethyl adjacent to an activating group) is 1. The van der Waals surface area contributed by atoms with Crippen LogP contribution >= 0.6 is 11.9 Å². The zero-order chi connectivity index (χ0) is 25.1. The first-order valence-electron chi connectivity index (χ1n) is 11.7. The van der Waals surface area contributed by atoms with Gasteiger partial charge in [0.15, 0.2) is 0 Å². The highest BCUT2D eigenvalue weighted by molar-refractivity contribution is 8.00. The fourth-order valence-electron chi connectivity index (χ4n) is 4.01. The van der Waals surface area contributed by atoms with Gasteiger partial charge in [-0.25, -0.2) is 4.98 Å². The molecular weight excluding hydrogens is 477 g/mol. The Morgan fingerprint density at radius 2 is 1.72 bits per heavy atom. The summed E-state index contributed by atoms with van der Waals surface area (Å²) in [5.74, 6) is 0.00824. The van der Waals surface area contributed by atoms with Crippen molar-refractivity contribution in [2.24, 2.45) is 7.05 Å². The van der Waals surface area contributed by atoms with Gasteiger partial charge in [0.25, 0.3) is 5.88 Å². The minimum absolute atomic E-state index is 0.134. The number of aromatic nitrogens is 4. The van der Waals surface area contributed by atoms with Crippen molar-refractivity contribution >= 4 is 23.6 Å². The smallest absolute Gasteiger partial charge is 0.261 e. The summed E-state index contributed by atoms with van der Waals surface area (Å²) in [6.07, 6.45) is 3.59. The van der Waals surface area contributed by atoms with E-state index in [2.05, 4.69) is 36.6 Å². The minimum atomic E-state index is -0.607. The van der Waals surface area contributed by atoms with Crippen molar-refractivity contribution in [2.75, 3.05) is 42.8 Å². The molecule has 0 amide bonds. The van der Waals surface area contributed by atoms with Crippen LogP contribution in [0.15, 0.2) is 65.8 Å². The molecule has 0 radical (unpaired) electrons. The van der Waals surface area contributed by atoms with Crippen molar-refractivity contribution in [1.82, 2.24) is 24.6 Å². The molecule has 0 atom stereocenters. The Hall–Kier alpha value is -3.63. The maximum atomic E-state index is 15.7. The number of nitrogens with one attached hydrogen (secondary N) is 1. The van der Waals surface area contributed by atoms with Gasteiger partial charge < -0.3 is 14.5 Å². The van der Waals surface area contributed by atoms with E-state index in [4.69, 9.17) is 4.74 Å². The number of hydrogen-bond acceptors (Lipinski definition) is 8. The molecule has 36 heavy (non-hydrogen) atoms. The molecule has 4 aromatic rings. The van der Waals surface area contributed by atoms with E-state index in [1.807, 2.05) is 68.7 Å². The third kappa shape index (κ3) is 5.44. The summed E-state index contributed by atoms with van der Waals surface area (Å²) < 4.78 is 26.4. The van der Waals surface area contributed by atoms with Gasteiger partial charge in [-0.05, 0) is 55.7 Å². The summed E-state index contributed by atoms with van der Waals surface area (Å²) in [5, 5.41) is 4.16. The van der Waals surface area contributed by atoms with Crippen molar-refractivity contribution in [3.63, 3.8) is 0 Å². The second-order valence-electron chi connectivity index (χ2n) is 8.77. The molecule has 8 nitrogen and oxygen atoms in total. The highest BCUT2D eigenvalue weighted by Crippen LogP contribution is 2.33.